The second-order valence-electron chi connectivity index (χ2n) is 8.56. The van der Waals surface area contributed by atoms with Crippen LogP contribution < -0.4 is 14.8 Å². The number of carbonyl (C=O) groups is 3. The first-order valence-corrected chi connectivity index (χ1v) is 13.0. The van der Waals surface area contributed by atoms with Crippen molar-refractivity contribution in [3.05, 3.63) is 52.5 Å². The van der Waals surface area contributed by atoms with Gasteiger partial charge in [0.25, 0.3) is 0 Å². The summed E-state index contributed by atoms with van der Waals surface area (Å²) in [5.74, 6) is -1.37. The van der Waals surface area contributed by atoms with Gasteiger partial charge >= 0.3 is 11.9 Å². The molecule has 12 nitrogen and oxygen atoms in total. The van der Waals surface area contributed by atoms with Crippen LogP contribution in [0, 0.1) is 0 Å². The SMILES string of the molecule is COc1ccc(CCNC(=O)CN2CCN(Cc3nc(-c4ccco4)cs3)CC2)cc1OC.O=C(O)C(=O)O. The predicted octanol–water partition coefficient (Wildman–Crippen LogP) is 2.05. The van der Waals surface area contributed by atoms with Gasteiger partial charge in [-0.15, -0.1) is 11.3 Å². The molecule has 3 N–H and O–H groups in total. The monoisotopic (exact) mass is 560 g/mol. The zero-order valence-electron chi connectivity index (χ0n) is 21.8. The van der Waals surface area contributed by atoms with Crippen LogP contribution in [0.25, 0.3) is 11.5 Å². The average Bonchev–Trinajstić information content (AvgIpc) is 3.62. The number of nitrogens with zero attached hydrogens (tertiary/aromatic N) is 3. The Balaban J connectivity index is 0.000000631. The van der Waals surface area contributed by atoms with E-state index in [1.165, 1.54) is 0 Å². The van der Waals surface area contributed by atoms with Crippen molar-refractivity contribution in [2.45, 2.75) is 13.0 Å². The third kappa shape index (κ3) is 9.39. The summed E-state index contributed by atoms with van der Waals surface area (Å²) in [6, 6.07) is 9.63. The highest BCUT2D eigenvalue weighted by Gasteiger charge is 2.20. The molecule has 0 unspecified atom stereocenters. The number of nitrogens with one attached hydrogen (secondary N) is 1. The topological polar surface area (TPSA) is 155 Å². The highest BCUT2D eigenvalue weighted by atomic mass is 32.1. The first kappa shape index (κ1) is 29.6. The third-order valence-electron chi connectivity index (χ3n) is 5.88. The molecule has 1 aromatic carbocycles. The molecule has 0 bridgehead atoms. The number of methoxy groups -OCH3 is 2. The summed E-state index contributed by atoms with van der Waals surface area (Å²) in [6.45, 7) is 5.45. The minimum atomic E-state index is -1.82. The van der Waals surface area contributed by atoms with Gasteiger partial charge in [-0.3, -0.25) is 14.6 Å². The second-order valence-corrected chi connectivity index (χ2v) is 9.50. The number of hydrogen-bond donors (Lipinski definition) is 3. The predicted molar refractivity (Wildman–Crippen MR) is 143 cm³/mol. The molecule has 3 heterocycles. The zero-order chi connectivity index (χ0) is 28.2. The Morgan fingerprint density at radius 3 is 2.33 bits per heavy atom. The Hall–Kier alpha value is -3.94. The van der Waals surface area contributed by atoms with Crippen LogP contribution in [0.4, 0.5) is 0 Å². The maximum atomic E-state index is 12.4. The number of furan rings is 1. The van der Waals surface area contributed by atoms with Crippen molar-refractivity contribution in [1.82, 2.24) is 20.1 Å². The second kappa shape index (κ2) is 14.9. The van der Waals surface area contributed by atoms with Gasteiger partial charge in [-0.25, -0.2) is 14.6 Å². The van der Waals surface area contributed by atoms with Gasteiger partial charge in [0, 0.05) is 38.1 Å². The molecule has 1 aliphatic rings. The van der Waals surface area contributed by atoms with Crippen LogP contribution in [-0.4, -0.2) is 96.3 Å². The Morgan fingerprint density at radius 1 is 1.03 bits per heavy atom. The number of piperazine rings is 1. The fourth-order valence-electron chi connectivity index (χ4n) is 3.86. The number of rotatable bonds is 10. The molecule has 0 spiro atoms. The summed E-state index contributed by atoms with van der Waals surface area (Å²) in [7, 11) is 3.24. The number of carboxylic acids is 2. The summed E-state index contributed by atoms with van der Waals surface area (Å²) in [4.78, 5) is 39.9. The van der Waals surface area contributed by atoms with Crippen LogP contribution in [0.3, 0.4) is 0 Å². The number of benzene rings is 1. The van der Waals surface area contributed by atoms with E-state index in [-0.39, 0.29) is 5.91 Å². The van der Waals surface area contributed by atoms with Crippen molar-refractivity contribution in [2.75, 3.05) is 53.5 Å². The molecule has 2 aromatic heterocycles. The number of aliphatic carboxylic acids is 2. The summed E-state index contributed by atoms with van der Waals surface area (Å²) in [6.07, 6.45) is 2.41. The molecule has 3 aromatic rings. The number of ether oxygens (including phenoxy) is 2. The van der Waals surface area contributed by atoms with Gasteiger partial charge in [0.2, 0.25) is 5.91 Å². The first-order valence-electron chi connectivity index (χ1n) is 12.2. The molecule has 1 fully saturated rings. The lowest BCUT2D eigenvalue weighted by Crippen LogP contribution is -2.49. The number of hydrogen-bond acceptors (Lipinski definition) is 10. The largest absolute Gasteiger partial charge is 0.493 e. The fraction of sp³-hybridized carbons (Fsp3) is 0.385. The highest BCUT2D eigenvalue weighted by Crippen LogP contribution is 2.27. The van der Waals surface area contributed by atoms with Crippen molar-refractivity contribution in [3.8, 4) is 23.0 Å². The van der Waals surface area contributed by atoms with Crippen LogP contribution >= 0.6 is 11.3 Å². The van der Waals surface area contributed by atoms with Gasteiger partial charge in [-0.2, -0.15) is 0 Å². The Kier molecular flexibility index (Phi) is 11.3. The quantitative estimate of drug-likeness (QED) is 0.312. The van der Waals surface area contributed by atoms with Crippen LogP contribution in [-0.2, 0) is 27.3 Å². The lowest BCUT2D eigenvalue weighted by Gasteiger charge is -2.33. The van der Waals surface area contributed by atoms with Crippen LogP contribution in [0.2, 0.25) is 0 Å². The molecule has 0 atom stereocenters. The van der Waals surface area contributed by atoms with E-state index in [9.17, 15) is 4.79 Å². The van der Waals surface area contributed by atoms with E-state index in [1.54, 1.807) is 31.8 Å². The standard InChI is InChI=1S/C24H30N4O4S.C2H2O4/c1-30-21-6-5-18(14-22(21)31-2)7-8-25-23(29)15-27-9-11-28(12-10-27)16-24-26-19(17-33-24)20-4-3-13-32-20;3-1(4)2(5)6/h3-6,13-14,17H,7-12,15-16H2,1-2H3,(H,25,29);(H,3,4)(H,5,6). The Labute approximate surface area is 229 Å². The van der Waals surface area contributed by atoms with Crippen molar-refractivity contribution < 1.29 is 38.5 Å². The lowest BCUT2D eigenvalue weighted by atomic mass is 10.1. The summed E-state index contributed by atoms with van der Waals surface area (Å²) < 4.78 is 16.0. The summed E-state index contributed by atoms with van der Waals surface area (Å²) >= 11 is 1.66. The molecule has 0 saturated carbocycles. The molecule has 1 aliphatic heterocycles. The molecule has 39 heavy (non-hydrogen) atoms. The number of thiazole rings is 1. The third-order valence-corrected chi connectivity index (χ3v) is 6.72. The first-order chi connectivity index (χ1) is 18.8. The van der Waals surface area contributed by atoms with E-state index in [4.69, 9.17) is 33.7 Å². The van der Waals surface area contributed by atoms with Gasteiger partial charge in [0.1, 0.15) is 10.7 Å². The molecule has 210 valence electrons. The molecular weight excluding hydrogens is 528 g/mol. The molecule has 13 heteroatoms. The fourth-order valence-corrected chi connectivity index (χ4v) is 4.68. The van der Waals surface area contributed by atoms with Gasteiger partial charge in [-0.05, 0) is 36.2 Å². The minimum absolute atomic E-state index is 0.0620. The Morgan fingerprint density at radius 2 is 1.72 bits per heavy atom. The normalized spacial score (nSPS) is 13.7. The molecule has 1 saturated heterocycles. The number of aromatic nitrogens is 1. The van der Waals surface area contributed by atoms with Crippen molar-refractivity contribution in [1.29, 1.82) is 0 Å². The number of carboxylic acid groups (broad SMARTS) is 2. The molecular formula is C26H32N4O8S. The molecule has 1 amide bonds. The number of carbonyl (C=O) groups excluding carboxylic acids is 1. The van der Waals surface area contributed by atoms with Gasteiger partial charge in [0.15, 0.2) is 17.3 Å². The summed E-state index contributed by atoms with van der Waals surface area (Å²) in [5.41, 5.74) is 1.99. The van der Waals surface area contributed by atoms with Crippen molar-refractivity contribution in [3.63, 3.8) is 0 Å². The maximum absolute atomic E-state index is 12.4. The average molecular weight is 561 g/mol. The molecule has 0 radical (unpaired) electrons. The number of amides is 1. The van der Waals surface area contributed by atoms with Crippen LogP contribution in [0.15, 0.2) is 46.4 Å². The van der Waals surface area contributed by atoms with E-state index in [2.05, 4.69) is 20.1 Å². The lowest BCUT2D eigenvalue weighted by molar-refractivity contribution is -0.159. The van der Waals surface area contributed by atoms with E-state index in [1.807, 2.05) is 35.7 Å². The van der Waals surface area contributed by atoms with Crippen molar-refractivity contribution in [2.24, 2.45) is 0 Å². The van der Waals surface area contributed by atoms with E-state index in [0.717, 1.165) is 61.2 Å². The smallest absolute Gasteiger partial charge is 0.414 e. The minimum Gasteiger partial charge on any atom is -0.493 e. The highest BCUT2D eigenvalue weighted by molar-refractivity contribution is 7.09. The summed E-state index contributed by atoms with van der Waals surface area (Å²) in [5, 5.41) is 20.9. The molecule has 4 rings (SSSR count). The van der Waals surface area contributed by atoms with Crippen molar-refractivity contribution >= 4 is 29.2 Å². The van der Waals surface area contributed by atoms with Gasteiger partial charge in [0.05, 0.1) is 33.6 Å². The van der Waals surface area contributed by atoms with Crippen LogP contribution in [0.5, 0.6) is 11.5 Å². The van der Waals surface area contributed by atoms with E-state index >= 15 is 0 Å². The van der Waals surface area contributed by atoms with Crippen LogP contribution in [0.1, 0.15) is 10.6 Å². The molecule has 0 aliphatic carbocycles. The van der Waals surface area contributed by atoms with E-state index < -0.39 is 11.9 Å². The maximum Gasteiger partial charge on any atom is 0.414 e. The van der Waals surface area contributed by atoms with E-state index in [0.29, 0.717) is 24.6 Å². The Bertz CT molecular complexity index is 1210. The van der Waals surface area contributed by atoms with Gasteiger partial charge in [-0.1, -0.05) is 6.07 Å². The zero-order valence-corrected chi connectivity index (χ0v) is 22.6. The van der Waals surface area contributed by atoms with Gasteiger partial charge < -0.3 is 29.4 Å².